The molecule has 0 radical (unpaired) electrons. The zero-order valence-corrected chi connectivity index (χ0v) is 19.2. The van der Waals surface area contributed by atoms with E-state index in [0.29, 0.717) is 11.3 Å². The fourth-order valence-corrected chi connectivity index (χ4v) is 4.07. The van der Waals surface area contributed by atoms with E-state index in [0.717, 1.165) is 16.2 Å². The number of ether oxygens (including phenoxy) is 1. The zero-order chi connectivity index (χ0) is 23.9. The van der Waals surface area contributed by atoms with Gasteiger partial charge in [-0.25, -0.2) is 9.37 Å². The van der Waals surface area contributed by atoms with Crippen LogP contribution in [0.4, 0.5) is 14.5 Å². The second-order valence-electron chi connectivity index (χ2n) is 7.41. The van der Waals surface area contributed by atoms with Gasteiger partial charge in [-0.15, -0.1) is 11.8 Å². The van der Waals surface area contributed by atoms with E-state index in [1.807, 2.05) is 24.3 Å². The van der Waals surface area contributed by atoms with E-state index in [-0.39, 0.29) is 29.4 Å². The Morgan fingerprint density at radius 3 is 2.53 bits per heavy atom. The molecular weight excluding hydrogens is 454 g/mol. The topological polar surface area (TPSA) is 51.2 Å². The summed E-state index contributed by atoms with van der Waals surface area (Å²) in [6.45, 7) is 2.09. The number of thioether (sulfide) groups is 1. The quantitative estimate of drug-likeness (QED) is 0.217. The molecule has 172 valence electrons. The van der Waals surface area contributed by atoms with E-state index >= 15 is 0 Å². The Balaban J connectivity index is 1.58. The molecule has 4 aromatic rings. The van der Waals surface area contributed by atoms with Crippen LogP contribution in [0.1, 0.15) is 12.5 Å². The number of benzene rings is 3. The number of hydrogen-bond donors (Lipinski definition) is 1. The average molecular weight is 477 g/mol. The normalized spacial score (nSPS) is 10.7. The lowest BCUT2D eigenvalue weighted by Gasteiger charge is -2.14. The van der Waals surface area contributed by atoms with E-state index < -0.39 is 11.8 Å². The van der Waals surface area contributed by atoms with Gasteiger partial charge in [0.25, 0.3) is 0 Å². The fourth-order valence-electron chi connectivity index (χ4n) is 3.41. The third-order valence-corrected chi connectivity index (χ3v) is 5.83. The molecule has 0 fully saturated rings. The highest BCUT2D eigenvalue weighted by Gasteiger charge is 2.15. The summed E-state index contributed by atoms with van der Waals surface area (Å²) in [7, 11) is 0. The van der Waals surface area contributed by atoms with Crippen LogP contribution in [-0.4, -0.2) is 16.6 Å². The number of rotatable bonds is 8. The number of aromatic nitrogens is 1. The number of hydrogen-bond acceptors (Lipinski definition) is 4. The summed E-state index contributed by atoms with van der Waals surface area (Å²) in [5.74, 6) is 0.175. The van der Waals surface area contributed by atoms with Crippen LogP contribution in [0.25, 0.3) is 11.1 Å². The first-order valence-corrected chi connectivity index (χ1v) is 11.7. The third-order valence-electron chi connectivity index (χ3n) is 4.94. The number of amides is 1. The highest BCUT2D eigenvalue weighted by molar-refractivity contribution is 7.99. The molecule has 1 heterocycles. The van der Waals surface area contributed by atoms with E-state index in [4.69, 9.17) is 4.74 Å². The molecule has 4 nitrogen and oxygen atoms in total. The minimum absolute atomic E-state index is 0.201. The summed E-state index contributed by atoms with van der Waals surface area (Å²) in [5.41, 5.74) is 2.03. The Morgan fingerprint density at radius 2 is 1.79 bits per heavy atom. The van der Waals surface area contributed by atoms with Gasteiger partial charge >= 0.3 is 0 Å². The molecule has 0 spiro atoms. The van der Waals surface area contributed by atoms with Crippen LogP contribution in [-0.2, 0) is 11.2 Å². The van der Waals surface area contributed by atoms with Gasteiger partial charge in [-0.2, -0.15) is 4.39 Å². The van der Waals surface area contributed by atoms with Crippen LogP contribution in [0, 0.1) is 11.8 Å². The Bertz CT molecular complexity index is 1300. The molecule has 7 heteroatoms. The van der Waals surface area contributed by atoms with Crippen LogP contribution in [0.3, 0.4) is 0 Å². The van der Waals surface area contributed by atoms with Gasteiger partial charge in [0.1, 0.15) is 17.3 Å². The van der Waals surface area contributed by atoms with Gasteiger partial charge in [0.2, 0.25) is 11.9 Å². The van der Waals surface area contributed by atoms with Gasteiger partial charge in [0, 0.05) is 40.0 Å². The molecule has 0 unspecified atom stereocenters. The van der Waals surface area contributed by atoms with Crippen molar-refractivity contribution in [2.24, 2.45) is 0 Å². The number of anilines is 1. The minimum Gasteiger partial charge on any atom is -0.457 e. The Kier molecular flexibility index (Phi) is 7.54. The second-order valence-corrected chi connectivity index (χ2v) is 8.75. The molecule has 0 saturated carbocycles. The maximum absolute atomic E-state index is 14.4. The van der Waals surface area contributed by atoms with Crippen molar-refractivity contribution >= 4 is 23.4 Å². The SMILES string of the molecule is CCSc1ccc(CC(=O)Nc2ccc(-c3cccnc3F)c(Oc3cccc(F)c3)c2)cc1. The molecule has 34 heavy (non-hydrogen) atoms. The zero-order valence-electron chi connectivity index (χ0n) is 18.4. The van der Waals surface area contributed by atoms with Crippen molar-refractivity contribution in [2.75, 3.05) is 11.1 Å². The largest absolute Gasteiger partial charge is 0.457 e. The number of carbonyl (C=O) groups is 1. The number of carbonyl (C=O) groups excluding carboxylic acids is 1. The van der Waals surface area contributed by atoms with E-state index in [1.54, 1.807) is 48.2 Å². The molecule has 0 aliphatic carbocycles. The average Bonchev–Trinajstić information content (AvgIpc) is 2.81. The molecule has 3 aromatic carbocycles. The first kappa shape index (κ1) is 23.4. The minimum atomic E-state index is -0.659. The monoisotopic (exact) mass is 476 g/mol. The first-order chi connectivity index (χ1) is 16.5. The number of pyridine rings is 1. The summed E-state index contributed by atoms with van der Waals surface area (Å²) in [6.07, 6.45) is 1.56. The number of halogens is 2. The van der Waals surface area contributed by atoms with Gasteiger partial charge in [-0.1, -0.05) is 25.1 Å². The lowest BCUT2D eigenvalue weighted by molar-refractivity contribution is -0.115. The Labute approximate surface area is 201 Å². The smallest absolute Gasteiger partial charge is 0.228 e. The molecule has 4 rings (SSSR count). The predicted molar refractivity (Wildman–Crippen MR) is 131 cm³/mol. The summed E-state index contributed by atoms with van der Waals surface area (Å²) in [6, 6.07) is 21.6. The van der Waals surface area contributed by atoms with Gasteiger partial charge in [-0.05, 0) is 59.8 Å². The molecule has 0 bridgehead atoms. The number of nitrogens with zero attached hydrogens (tertiary/aromatic N) is 1. The standard InChI is InChI=1S/C27H22F2N2O2S/c1-2-34-22-11-8-18(9-12-22)15-26(32)31-20-10-13-23(24-7-4-14-30-27(24)29)25(17-20)33-21-6-3-5-19(28)16-21/h3-14,16-17H,2,15H2,1H3,(H,31,32). The molecular formula is C27H22F2N2O2S. The predicted octanol–water partition coefficient (Wildman–Crippen LogP) is 7.11. The van der Waals surface area contributed by atoms with Crippen molar-refractivity contribution in [1.82, 2.24) is 4.98 Å². The van der Waals surface area contributed by atoms with Crippen LogP contribution in [0.2, 0.25) is 0 Å². The summed E-state index contributed by atoms with van der Waals surface area (Å²) < 4.78 is 34.0. The molecule has 1 N–H and O–H groups in total. The van der Waals surface area contributed by atoms with Crippen LogP contribution in [0.5, 0.6) is 11.5 Å². The Morgan fingerprint density at radius 1 is 0.971 bits per heavy atom. The van der Waals surface area contributed by atoms with E-state index in [9.17, 15) is 13.6 Å². The lowest BCUT2D eigenvalue weighted by Crippen LogP contribution is -2.14. The Hall–Kier alpha value is -3.71. The molecule has 1 aromatic heterocycles. The molecule has 0 atom stereocenters. The van der Waals surface area contributed by atoms with E-state index in [2.05, 4.69) is 17.2 Å². The van der Waals surface area contributed by atoms with Gasteiger partial charge in [-0.3, -0.25) is 4.79 Å². The highest BCUT2D eigenvalue weighted by Crippen LogP contribution is 2.36. The highest BCUT2D eigenvalue weighted by atomic mass is 32.2. The first-order valence-electron chi connectivity index (χ1n) is 10.7. The maximum Gasteiger partial charge on any atom is 0.228 e. The molecule has 0 aliphatic rings. The van der Waals surface area contributed by atoms with Crippen molar-refractivity contribution in [3.05, 3.63) is 102 Å². The summed E-state index contributed by atoms with van der Waals surface area (Å²) >= 11 is 1.74. The summed E-state index contributed by atoms with van der Waals surface area (Å²) in [4.78, 5) is 17.5. The van der Waals surface area contributed by atoms with E-state index in [1.165, 1.54) is 24.4 Å². The van der Waals surface area contributed by atoms with Gasteiger partial charge in [0.05, 0.1) is 6.42 Å². The van der Waals surface area contributed by atoms with Gasteiger partial charge in [0.15, 0.2) is 0 Å². The number of nitrogens with one attached hydrogen (secondary N) is 1. The molecule has 0 aliphatic heterocycles. The van der Waals surface area contributed by atoms with Crippen molar-refractivity contribution in [1.29, 1.82) is 0 Å². The lowest BCUT2D eigenvalue weighted by atomic mass is 10.1. The van der Waals surface area contributed by atoms with Crippen molar-refractivity contribution in [3.63, 3.8) is 0 Å². The molecule has 1 amide bonds. The maximum atomic E-state index is 14.4. The molecule has 0 saturated heterocycles. The third kappa shape index (κ3) is 5.99. The van der Waals surface area contributed by atoms with Crippen molar-refractivity contribution in [2.45, 2.75) is 18.2 Å². The second kappa shape index (κ2) is 10.9. The van der Waals surface area contributed by atoms with Crippen molar-refractivity contribution in [3.8, 4) is 22.6 Å². The fraction of sp³-hybridized carbons (Fsp3) is 0.111. The van der Waals surface area contributed by atoms with Crippen LogP contribution < -0.4 is 10.1 Å². The van der Waals surface area contributed by atoms with Gasteiger partial charge < -0.3 is 10.1 Å². The van der Waals surface area contributed by atoms with Crippen LogP contribution in [0.15, 0.2) is 90.0 Å². The van der Waals surface area contributed by atoms with Crippen LogP contribution >= 0.6 is 11.8 Å². The van der Waals surface area contributed by atoms with Crippen molar-refractivity contribution < 1.29 is 18.3 Å². The summed E-state index contributed by atoms with van der Waals surface area (Å²) in [5, 5.41) is 2.85.